The van der Waals surface area contributed by atoms with E-state index in [1.165, 1.54) is 66.8 Å². The minimum atomic E-state index is -0.587. The average Bonchev–Trinajstić information content (AvgIpc) is 3.83. The molecule has 4 aliphatic rings. The number of hydrogen-bond donors (Lipinski definition) is 0. The minimum Gasteiger partial charge on any atom is -0.457 e. The van der Waals surface area contributed by atoms with E-state index in [4.69, 9.17) is 4.74 Å². The van der Waals surface area contributed by atoms with Gasteiger partial charge in [-0.25, -0.2) is 0 Å². The number of ether oxygens (including phenoxy) is 1. The van der Waals surface area contributed by atoms with Crippen LogP contribution in [0.25, 0.3) is 27.8 Å². The van der Waals surface area contributed by atoms with Gasteiger partial charge in [-0.3, -0.25) is 0 Å². The second-order valence-electron chi connectivity index (χ2n) is 18.0. The van der Waals surface area contributed by atoms with Gasteiger partial charge in [0.15, 0.2) is 0 Å². The van der Waals surface area contributed by atoms with Gasteiger partial charge in [0.1, 0.15) is 11.5 Å². The Morgan fingerprint density at radius 1 is 0.415 bits per heavy atom. The Labute approximate surface area is 381 Å². The fourth-order valence-electron chi connectivity index (χ4n) is 11.9. The van der Waals surface area contributed by atoms with Crippen molar-refractivity contribution in [2.45, 2.75) is 24.2 Å². The zero-order chi connectivity index (χ0) is 43.1. The molecule has 308 valence electrons. The first-order chi connectivity index (χ1) is 32.1. The molecule has 0 fully saturated rings. The number of para-hydroxylation sites is 2. The van der Waals surface area contributed by atoms with Crippen molar-refractivity contribution < 1.29 is 4.74 Å². The first kappa shape index (κ1) is 37.6. The smallest absolute Gasteiger partial charge is 0.132 e. The Kier molecular flexibility index (Phi) is 8.42. The molecular weight excluding hydrogens is 787 g/mol. The van der Waals surface area contributed by atoms with Crippen molar-refractivity contribution in [1.29, 1.82) is 0 Å². The van der Waals surface area contributed by atoms with Crippen LogP contribution in [0.15, 0.2) is 237 Å². The second-order valence-corrected chi connectivity index (χ2v) is 18.0. The van der Waals surface area contributed by atoms with Crippen molar-refractivity contribution in [3.63, 3.8) is 0 Å². The molecule has 65 heavy (non-hydrogen) atoms. The minimum absolute atomic E-state index is 0.514. The molecule has 2 nitrogen and oxygen atoms in total. The quantitative estimate of drug-likeness (QED) is 0.165. The third kappa shape index (κ3) is 5.41. The lowest BCUT2D eigenvalue weighted by molar-refractivity contribution is 0.436. The number of fused-ring (bicyclic) bond motifs is 12. The Balaban J connectivity index is 1.06. The Bertz CT molecular complexity index is 3320. The van der Waals surface area contributed by atoms with E-state index in [-0.39, 0.29) is 0 Å². The zero-order valence-corrected chi connectivity index (χ0v) is 36.2. The number of anilines is 3. The van der Waals surface area contributed by atoms with Crippen molar-refractivity contribution in [3.05, 3.63) is 287 Å². The highest BCUT2D eigenvalue weighted by Gasteiger charge is 2.51. The molecular formula is C63H45NO. The van der Waals surface area contributed by atoms with Gasteiger partial charge in [0.25, 0.3) is 0 Å². The summed E-state index contributed by atoms with van der Waals surface area (Å²) in [7, 11) is 0. The maximum absolute atomic E-state index is 6.72. The molecule has 0 bridgehead atoms. The summed E-state index contributed by atoms with van der Waals surface area (Å²) in [6, 6.07) is 81.0. The summed E-state index contributed by atoms with van der Waals surface area (Å²) in [6.07, 6.45) is 8.06. The summed E-state index contributed by atoms with van der Waals surface area (Å²) < 4.78 is 6.72. The fourth-order valence-corrected chi connectivity index (χ4v) is 11.9. The normalized spacial score (nSPS) is 16.3. The van der Waals surface area contributed by atoms with Crippen molar-refractivity contribution in [3.8, 4) is 33.8 Å². The molecule has 3 aliphatic carbocycles. The lowest BCUT2D eigenvalue weighted by atomic mass is 9.66. The van der Waals surface area contributed by atoms with E-state index in [0.29, 0.717) is 5.92 Å². The zero-order valence-electron chi connectivity index (χ0n) is 36.2. The molecule has 2 heteroatoms. The molecule has 0 amide bonds. The molecule has 0 saturated carbocycles. The monoisotopic (exact) mass is 831 g/mol. The van der Waals surface area contributed by atoms with Crippen LogP contribution in [0.1, 0.15) is 63.4 Å². The fraction of sp³-hybridized carbons (Fsp3) is 0.0794. The number of rotatable bonds is 6. The van der Waals surface area contributed by atoms with E-state index in [0.717, 1.165) is 46.1 Å². The number of benzene rings is 9. The molecule has 9 aromatic carbocycles. The molecule has 0 saturated heterocycles. The highest BCUT2D eigenvalue weighted by molar-refractivity contribution is 5.92. The molecule has 1 heterocycles. The standard InChI is InChI=1S/C63H45NO/c1-42-17-15-18-44(39-42)43-33-35-47(36-34-43)64(48-22-16-21-46(40-48)62(45-19-3-2-4-20-45)54-26-8-5-23-50(54)51-24-6-9-27-55(51)62)49-37-38-53-52-25-7-10-28-56(52)63(59(53)41-49)57-29-11-13-31-60(57)65-61-32-14-12-30-58(61)63/h2-16,18-42H,17H2,1H3. The summed E-state index contributed by atoms with van der Waals surface area (Å²) in [5.74, 6) is 2.30. The van der Waals surface area contributed by atoms with Gasteiger partial charge in [0.2, 0.25) is 0 Å². The van der Waals surface area contributed by atoms with Crippen LogP contribution >= 0.6 is 0 Å². The van der Waals surface area contributed by atoms with Gasteiger partial charge in [-0.15, -0.1) is 0 Å². The molecule has 9 aromatic rings. The predicted molar refractivity (Wildman–Crippen MR) is 267 cm³/mol. The highest BCUT2D eigenvalue weighted by atomic mass is 16.5. The van der Waals surface area contributed by atoms with Crippen LogP contribution in [0, 0.1) is 5.92 Å². The molecule has 13 rings (SSSR count). The van der Waals surface area contributed by atoms with E-state index in [1.807, 2.05) is 0 Å². The van der Waals surface area contributed by atoms with Crippen LogP contribution in [0.3, 0.4) is 0 Å². The molecule has 1 unspecified atom stereocenters. The van der Waals surface area contributed by atoms with Crippen molar-refractivity contribution in [1.82, 2.24) is 0 Å². The van der Waals surface area contributed by atoms with Crippen LogP contribution in [0.4, 0.5) is 17.1 Å². The summed E-state index contributed by atoms with van der Waals surface area (Å²) in [4.78, 5) is 2.47. The number of nitrogens with zero attached hydrogens (tertiary/aromatic N) is 1. The Hall–Kier alpha value is -7.94. The van der Waals surface area contributed by atoms with Gasteiger partial charge in [-0.1, -0.05) is 195 Å². The van der Waals surface area contributed by atoms with Crippen molar-refractivity contribution in [2.24, 2.45) is 5.92 Å². The molecule has 1 spiro atoms. The predicted octanol–water partition coefficient (Wildman–Crippen LogP) is 16.0. The van der Waals surface area contributed by atoms with E-state index in [2.05, 4.69) is 248 Å². The summed E-state index contributed by atoms with van der Waals surface area (Å²) in [6.45, 7) is 2.30. The maximum atomic E-state index is 6.72. The Morgan fingerprint density at radius 2 is 0.923 bits per heavy atom. The third-order valence-electron chi connectivity index (χ3n) is 14.5. The lowest BCUT2D eigenvalue weighted by Gasteiger charge is -2.39. The van der Waals surface area contributed by atoms with Crippen LogP contribution in [0.2, 0.25) is 0 Å². The largest absolute Gasteiger partial charge is 0.457 e. The van der Waals surface area contributed by atoms with E-state index in [1.54, 1.807) is 0 Å². The second kappa shape index (κ2) is 14.6. The van der Waals surface area contributed by atoms with Gasteiger partial charge in [-0.05, 0) is 128 Å². The topological polar surface area (TPSA) is 12.5 Å². The van der Waals surface area contributed by atoms with Crippen molar-refractivity contribution >= 4 is 22.6 Å². The molecule has 1 atom stereocenters. The third-order valence-corrected chi connectivity index (χ3v) is 14.5. The van der Waals surface area contributed by atoms with Crippen LogP contribution < -0.4 is 9.64 Å². The van der Waals surface area contributed by atoms with Gasteiger partial charge in [0, 0.05) is 28.2 Å². The molecule has 0 N–H and O–H groups in total. The molecule has 0 aromatic heterocycles. The summed E-state index contributed by atoms with van der Waals surface area (Å²) in [5.41, 5.74) is 19.7. The first-order valence-electron chi connectivity index (χ1n) is 22.9. The molecule has 1 aliphatic heterocycles. The maximum Gasteiger partial charge on any atom is 0.132 e. The first-order valence-corrected chi connectivity index (χ1v) is 22.9. The van der Waals surface area contributed by atoms with Gasteiger partial charge in [0.05, 0.1) is 10.8 Å². The van der Waals surface area contributed by atoms with E-state index in [9.17, 15) is 0 Å². The lowest BCUT2D eigenvalue weighted by Crippen LogP contribution is -2.32. The van der Waals surface area contributed by atoms with Crippen LogP contribution in [0.5, 0.6) is 11.5 Å². The van der Waals surface area contributed by atoms with Gasteiger partial charge in [-0.2, -0.15) is 0 Å². The van der Waals surface area contributed by atoms with Crippen molar-refractivity contribution in [2.75, 3.05) is 4.90 Å². The summed E-state index contributed by atoms with van der Waals surface area (Å²) >= 11 is 0. The SMILES string of the molecule is CC1C=C(c2ccc(N(c3cccc(C4(c5ccccc5)c5ccccc5-c5ccccc54)c3)c3ccc4c(c3)C3(c5ccccc5Oc5ccccc53)c3ccccc3-4)cc2)C=CC1. The van der Waals surface area contributed by atoms with Crippen LogP contribution in [-0.2, 0) is 10.8 Å². The number of hydrogen-bond acceptors (Lipinski definition) is 2. The molecule has 0 radical (unpaired) electrons. The Morgan fingerprint density at radius 3 is 1.55 bits per heavy atom. The van der Waals surface area contributed by atoms with Gasteiger partial charge < -0.3 is 9.64 Å². The highest BCUT2D eigenvalue weighted by Crippen LogP contribution is 2.63. The average molecular weight is 832 g/mol. The van der Waals surface area contributed by atoms with Crippen LogP contribution in [-0.4, -0.2) is 0 Å². The number of allylic oxidation sites excluding steroid dienone is 4. The van der Waals surface area contributed by atoms with Gasteiger partial charge >= 0.3 is 0 Å². The summed E-state index contributed by atoms with van der Waals surface area (Å²) in [5, 5.41) is 0. The van der Waals surface area contributed by atoms with E-state index < -0.39 is 10.8 Å². The van der Waals surface area contributed by atoms with E-state index >= 15 is 0 Å².